The number of amides is 2. The Hall–Kier alpha value is -3.88. The van der Waals surface area contributed by atoms with Gasteiger partial charge in [-0.1, -0.05) is 35.3 Å². The first-order chi connectivity index (χ1) is 16.9. The van der Waals surface area contributed by atoms with Crippen molar-refractivity contribution in [3.63, 3.8) is 0 Å². The van der Waals surface area contributed by atoms with Crippen LogP contribution in [0.25, 0.3) is 0 Å². The highest BCUT2D eigenvalue weighted by Gasteiger charge is 2.13. The molecule has 0 aliphatic rings. The zero-order chi connectivity index (χ0) is 25.2. The van der Waals surface area contributed by atoms with Crippen LogP contribution in [0.5, 0.6) is 11.5 Å². The number of esters is 1. The second-order valence-electron chi connectivity index (χ2n) is 7.02. The van der Waals surface area contributed by atoms with Crippen LogP contribution in [0.4, 0.5) is 0 Å². The monoisotopic (exact) mass is 513 g/mol. The van der Waals surface area contributed by atoms with Gasteiger partial charge in [-0.25, -0.2) is 10.2 Å². The normalized spacial score (nSPS) is 10.6. The fourth-order valence-corrected chi connectivity index (χ4v) is 3.31. The molecule has 8 nitrogen and oxygen atoms in total. The minimum absolute atomic E-state index is 0.176. The van der Waals surface area contributed by atoms with Crippen LogP contribution < -0.4 is 20.2 Å². The molecule has 0 unspecified atom stereocenters. The van der Waals surface area contributed by atoms with Gasteiger partial charge in [-0.2, -0.15) is 5.10 Å². The largest absolute Gasteiger partial charge is 0.494 e. The summed E-state index contributed by atoms with van der Waals surface area (Å²) in [4.78, 5) is 36.5. The molecule has 0 heterocycles. The maximum atomic E-state index is 12.4. The third-order valence-corrected chi connectivity index (χ3v) is 5.01. The topological polar surface area (TPSA) is 106 Å². The average molecular weight is 514 g/mol. The SMILES string of the molecule is CCOc1ccc(C(=O)NCC(=O)N/N=C\c2cccc(OC(=O)c3ccc(Cl)cc3Cl)c2)cc1. The molecule has 0 bridgehead atoms. The Kier molecular flexibility index (Phi) is 9.23. The zero-order valence-electron chi connectivity index (χ0n) is 18.6. The minimum atomic E-state index is -0.641. The van der Waals surface area contributed by atoms with Crippen LogP contribution in [0, 0.1) is 0 Å². The highest BCUT2D eigenvalue weighted by molar-refractivity contribution is 6.36. The molecule has 3 aromatic rings. The molecule has 0 saturated carbocycles. The number of carbonyl (C=O) groups excluding carboxylic acids is 3. The average Bonchev–Trinajstić information content (AvgIpc) is 2.83. The zero-order valence-corrected chi connectivity index (χ0v) is 20.1. The number of benzene rings is 3. The van der Waals surface area contributed by atoms with Crippen molar-refractivity contribution in [3.8, 4) is 11.5 Å². The molecule has 2 amide bonds. The van der Waals surface area contributed by atoms with Crippen molar-refractivity contribution in [1.82, 2.24) is 10.7 Å². The third kappa shape index (κ3) is 7.84. The number of carbonyl (C=O) groups is 3. The molecule has 3 rings (SSSR count). The Labute approximate surface area is 211 Å². The summed E-state index contributed by atoms with van der Waals surface area (Å²) in [7, 11) is 0. The van der Waals surface area contributed by atoms with E-state index in [1.54, 1.807) is 48.5 Å². The smallest absolute Gasteiger partial charge is 0.345 e. The van der Waals surface area contributed by atoms with Crippen LogP contribution in [0.15, 0.2) is 71.8 Å². The van der Waals surface area contributed by atoms with Gasteiger partial charge in [0, 0.05) is 10.6 Å². The molecule has 0 spiro atoms. The van der Waals surface area contributed by atoms with E-state index in [4.69, 9.17) is 32.7 Å². The summed E-state index contributed by atoms with van der Waals surface area (Å²) in [6.07, 6.45) is 1.37. The highest BCUT2D eigenvalue weighted by atomic mass is 35.5. The molecule has 0 aliphatic heterocycles. The first kappa shape index (κ1) is 25.7. The fourth-order valence-electron chi connectivity index (χ4n) is 2.83. The lowest BCUT2D eigenvalue weighted by molar-refractivity contribution is -0.120. The number of nitrogens with zero attached hydrogens (tertiary/aromatic N) is 1. The van der Waals surface area contributed by atoms with E-state index in [9.17, 15) is 14.4 Å². The van der Waals surface area contributed by atoms with Gasteiger partial charge in [0.2, 0.25) is 0 Å². The van der Waals surface area contributed by atoms with Crippen LogP contribution in [-0.4, -0.2) is 37.1 Å². The molecule has 0 radical (unpaired) electrons. The number of rotatable bonds is 9. The van der Waals surface area contributed by atoms with Crippen LogP contribution in [0.1, 0.15) is 33.2 Å². The van der Waals surface area contributed by atoms with Gasteiger partial charge < -0.3 is 14.8 Å². The van der Waals surface area contributed by atoms with E-state index >= 15 is 0 Å². The van der Waals surface area contributed by atoms with Crippen molar-refractivity contribution in [2.75, 3.05) is 13.2 Å². The van der Waals surface area contributed by atoms with Crippen LogP contribution in [0.2, 0.25) is 10.0 Å². The van der Waals surface area contributed by atoms with Crippen LogP contribution in [0.3, 0.4) is 0 Å². The summed E-state index contributed by atoms with van der Waals surface area (Å²) in [6.45, 7) is 2.13. The van der Waals surface area contributed by atoms with E-state index < -0.39 is 17.8 Å². The number of hydrogen-bond donors (Lipinski definition) is 2. The molecule has 0 saturated heterocycles. The Morgan fingerprint density at radius 1 is 0.971 bits per heavy atom. The van der Waals surface area contributed by atoms with Crippen molar-refractivity contribution in [2.24, 2.45) is 5.10 Å². The summed E-state index contributed by atoms with van der Waals surface area (Å²) in [5.41, 5.74) is 3.46. The van der Waals surface area contributed by atoms with Gasteiger partial charge in [-0.05, 0) is 67.1 Å². The van der Waals surface area contributed by atoms with Crippen molar-refractivity contribution in [1.29, 1.82) is 0 Å². The molecular weight excluding hydrogens is 493 g/mol. The maximum Gasteiger partial charge on any atom is 0.345 e. The van der Waals surface area contributed by atoms with Crippen molar-refractivity contribution < 1.29 is 23.9 Å². The quantitative estimate of drug-likeness (QED) is 0.190. The van der Waals surface area contributed by atoms with E-state index in [-0.39, 0.29) is 22.9 Å². The highest BCUT2D eigenvalue weighted by Crippen LogP contribution is 2.23. The molecule has 35 heavy (non-hydrogen) atoms. The van der Waals surface area contributed by atoms with Crippen LogP contribution in [-0.2, 0) is 4.79 Å². The van der Waals surface area contributed by atoms with Gasteiger partial charge >= 0.3 is 5.97 Å². The van der Waals surface area contributed by atoms with Gasteiger partial charge in [-0.15, -0.1) is 0 Å². The number of halogens is 2. The van der Waals surface area contributed by atoms with E-state index in [0.29, 0.717) is 28.5 Å². The molecule has 0 atom stereocenters. The number of nitrogens with one attached hydrogen (secondary N) is 2. The first-order valence-corrected chi connectivity index (χ1v) is 11.2. The Morgan fingerprint density at radius 2 is 1.74 bits per heavy atom. The standard InChI is InChI=1S/C25H21Cl2N3O5/c1-2-34-19-9-6-17(7-10-19)24(32)28-15-23(31)30-29-14-16-4-3-5-20(12-16)35-25(33)21-11-8-18(26)13-22(21)27/h3-14H,2,15H2,1H3,(H,28,32)(H,30,31)/b29-14-. The minimum Gasteiger partial charge on any atom is -0.494 e. The van der Waals surface area contributed by atoms with Gasteiger partial charge in [0.05, 0.1) is 30.0 Å². The van der Waals surface area contributed by atoms with Gasteiger partial charge in [-0.3, -0.25) is 9.59 Å². The van der Waals surface area contributed by atoms with Crippen molar-refractivity contribution in [3.05, 3.63) is 93.5 Å². The van der Waals surface area contributed by atoms with Crippen molar-refractivity contribution >= 4 is 47.2 Å². The van der Waals surface area contributed by atoms with E-state index in [1.165, 1.54) is 24.4 Å². The van der Waals surface area contributed by atoms with Crippen LogP contribution >= 0.6 is 23.2 Å². The lowest BCUT2D eigenvalue weighted by Gasteiger charge is -2.07. The summed E-state index contributed by atoms with van der Waals surface area (Å²) < 4.78 is 10.7. The molecule has 10 heteroatoms. The number of ether oxygens (including phenoxy) is 2. The summed E-state index contributed by atoms with van der Waals surface area (Å²) in [5, 5.41) is 6.95. The predicted molar refractivity (Wildman–Crippen MR) is 134 cm³/mol. The summed E-state index contributed by atoms with van der Waals surface area (Å²) >= 11 is 11.9. The number of hydrazone groups is 1. The van der Waals surface area contributed by atoms with E-state index in [0.717, 1.165) is 0 Å². The second kappa shape index (κ2) is 12.5. The Balaban J connectivity index is 1.49. The Bertz CT molecular complexity index is 1250. The molecule has 2 N–H and O–H groups in total. The molecule has 3 aromatic carbocycles. The fraction of sp³-hybridized carbons (Fsp3) is 0.120. The Morgan fingerprint density at radius 3 is 2.46 bits per heavy atom. The molecule has 0 aromatic heterocycles. The lowest BCUT2D eigenvalue weighted by Crippen LogP contribution is -2.34. The van der Waals surface area contributed by atoms with Gasteiger partial charge in [0.25, 0.3) is 11.8 Å². The lowest BCUT2D eigenvalue weighted by atomic mass is 10.2. The molecule has 180 valence electrons. The molecule has 0 fully saturated rings. The third-order valence-electron chi connectivity index (χ3n) is 4.46. The summed E-state index contributed by atoms with van der Waals surface area (Å²) in [5.74, 6) is -0.636. The van der Waals surface area contributed by atoms with E-state index in [2.05, 4.69) is 15.8 Å². The predicted octanol–water partition coefficient (Wildman–Crippen LogP) is 4.49. The first-order valence-electron chi connectivity index (χ1n) is 10.5. The van der Waals surface area contributed by atoms with Crippen molar-refractivity contribution in [2.45, 2.75) is 6.92 Å². The second-order valence-corrected chi connectivity index (χ2v) is 7.86. The number of hydrogen-bond acceptors (Lipinski definition) is 6. The molecule has 0 aliphatic carbocycles. The summed E-state index contributed by atoms with van der Waals surface area (Å²) in [6, 6.07) is 17.6. The van der Waals surface area contributed by atoms with E-state index in [1.807, 2.05) is 6.92 Å². The van der Waals surface area contributed by atoms with Gasteiger partial charge in [0.15, 0.2) is 0 Å². The van der Waals surface area contributed by atoms with Gasteiger partial charge in [0.1, 0.15) is 11.5 Å². The maximum absolute atomic E-state index is 12.4. The molecular formula is C25H21Cl2N3O5.